The summed E-state index contributed by atoms with van der Waals surface area (Å²) < 4.78 is 19.4. The van der Waals surface area contributed by atoms with Crippen molar-refractivity contribution in [2.75, 3.05) is 5.75 Å². The number of ether oxygens (including phenoxy) is 1. The Morgan fingerprint density at radius 3 is 2.16 bits per heavy atom. The molecule has 2 unspecified atom stereocenters. The van der Waals surface area contributed by atoms with Gasteiger partial charge in [-0.2, -0.15) is 0 Å². The fourth-order valence-corrected chi connectivity index (χ4v) is 7.36. The predicted molar refractivity (Wildman–Crippen MR) is 153 cm³/mol. The topological polar surface area (TPSA) is 82.7 Å². The molecule has 0 bridgehead atoms. The van der Waals surface area contributed by atoms with Crippen molar-refractivity contribution in [2.45, 2.75) is 76.2 Å². The summed E-state index contributed by atoms with van der Waals surface area (Å²) in [5, 5.41) is 0. The molecular formula is C29H35BN4O3S. The maximum atomic E-state index is 6.84. The average Bonchev–Trinajstić information content (AvgIpc) is 3.32. The first-order valence-corrected chi connectivity index (χ1v) is 14.1. The monoisotopic (exact) mass is 530 g/mol. The summed E-state index contributed by atoms with van der Waals surface area (Å²) >= 11 is 1.76. The lowest BCUT2D eigenvalue weighted by atomic mass is 9.72. The summed E-state index contributed by atoms with van der Waals surface area (Å²) in [5.41, 5.74) is 10.2. The zero-order chi connectivity index (χ0) is 27.1. The van der Waals surface area contributed by atoms with Gasteiger partial charge in [0.2, 0.25) is 0 Å². The van der Waals surface area contributed by atoms with E-state index in [0.717, 1.165) is 45.0 Å². The number of hydrogen-bond acceptors (Lipinski definition) is 8. The van der Waals surface area contributed by atoms with E-state index in [-0.39, 0.29) is 11.0 Å². The Bertz CT molecular complexity index is 1380. The van der Waals surface area contributed by atoms with Crippen molar-refractivity contribution in [1.29, 1.82) is 0 Å². The molecule has 198 valence electrons. The third kappa shape index (κ3) is 3.82. The smallest absolute Gasteiger partial charge is 0.457 e. The second-order valence-electron chi connectivity index (χ2n) is 12.4. The minimum Gasteiger partial charge on any atom is -0.457 e. The van der Waals surface area contributed by atoms with E-state index in [1.165, 1.54) is 0 Å². The number of nitrogens with zero attached hydrogens (tertiary/aromatic N) is 3. The lowest BCUT2D eigenvalue weighted by molar-refractivity contribution is 0.00578. The number of aromatic nitrogens is 2. The highest BCUT2D eigenvalue weighted by Gasteiger charge is 2.57. The molecule has 0 saturated carbocycles. The van der Waals surface area contributed by atoms with Gasteiger partial charge in [0, 0.05) is 40.4 Å². The number of hydrogen-bond donors (Lipinski definition) is 1. The Hall–Kier alpha value is -2.43. The minimum absolute atomic E-state index is 0.182. The van der Waals surface area contributed by atoms with Gasteiger partial charge in [-0.25, -0.2) is 9.97 Å². The van der Waals surface area contributed by atoms with Crippen LogP contribution in [0.1, 0.15) is 59.6 Å². The van der Waals surface area contributed by atoms with E-state index in [4.69, 9.17) is 19.8 Å². The van der Waals surface area contributed by atoms with E-state index in [2.05, 4.69) is 99.7 Å². The number of rotatable bonds is 2. The highest BCUT2D eigenvalue weighted by molar-refractivity contribution is 8.00. The molecule has 0 amide bonds. The largest absolute Gasteiger partial charge is 0.494 e. The fraction of sp³-hybridized carbons (Fsp3) is 0.448. The van der Waals surface area contributed by atoms with E-state index in [1.54, 1.807) is 18.1 Å². The number of benzene rings is 2. The van der Waals surface area contributed by atoms with Crippen LogP contribution in [0.2, 0.25) is 0 Å². The molecule has 0 radical (unpaired) electrons. The van der Waals surface area contributed by atoms with Crippen LogP contribution >= 0.6 is 11.8 Å². The molecule has 6 rings (SSSR count). The SMILES string of the molecule is CC(C)(C)N1C(N)SCC12c1cc(B3OC(C)(C)C(C)(C)O3)ccc1Oc1ccc(-c3cncnc3)cc12. The Labute approximate surface area is 229 Å². The van der Waals surface area contributed by atoms with Crippen molar-refractivity contribution < 1.29 is 14.0 Å². The van der Waals surface area contributed by atoms with E-state index in [9.17, 15) is 0 Å². The molecule has 2 aromatic carbocycles. The molecule has 2 saturated heterocycles. The summed E-state index contributed by atoms with van der Waals surface area (Å²) in [6.45, 7) is 15.0. The van der Waals surface area contributed by atoms with Gasteiger partial charge in [0.05, 0.1) is 16.7 Å². The van der Waals surface area contributed by atoms with Gasteiger partial charge in [0.25, 0.3) is 0 Å². The molecule has 2 atom stereocenters. The normalized spacial score (nSPS) is 25.8. The van der Waals surface area contributed by atoms with Gasteiger partial charge in [0.15, 0.2) is 0 Å². The molecule has 1 spiro atoms. The van der Waals surface area contributed by atoms with Gasteiger partial charge in [-0.15, -0.1) is 11.8 Å². The van der Waals surface area contributed by atoms with Crippen LogP contribution in [0.4, 0.5) is 0 Å². The Morgan fingerprint density at radius 2 is 1.53 bits per heavy atom. The zero-order valence-corrected chi connectivity index (χ0v) is 23.9. The van der Waals surface area contributed by atoms with Crippen molar-refractivity contribution in [3.05, 3.63) is 66.2 Å². The Morgan fingerprint density at radius 1 is 0.921 bits per heavy atom. The van der Waals surface area contributed by atoms with Crippen LogP contribution in [0, 0.1) is 0 Å². The van der Waals surface area contributed by atoms with Gasteiger partial charge in [-0.05, 0) is 77.7 Å². The van der Waals surface area contributed by atoms with Gasteiger partial charge in [-0.1, -0.05) is 18.2 Å². The van der Waals surface area contributed by atoms with Crippen LogP contribution in [0.5, 0.6) is 11.5 Å². The third-order valence-electron chi connectivity index (χ3n) is 8.36. The Balaban J connectivity index is 1.56. The zero-order valence-electron chi connectivity index (χ0n) is 23.1. The average molecular weight is 531 g/mol. The maximum Gasteiger partial charge on any atom is 0.494 e. The van der Waals surface area contributed by atoms with Crippen molar-refractivity contribution in [1.82, 2.24) is 14.9 Å². The standard InChI is InChI=1S/C29H35BN4O3S/c1-26(2,3)34-25(31)38-16-29(34)21-12-18(19-14-32-17-33-15-19)8-10-23(21)35-24-11-9-20(13-22(24)29)30-36-27(4,5)28(6,7)37-30/h8-15,17,25H,16,31H2,1-7H3. The third-order valence-corrected chi connectivity index (χ3v) is 9.50. The molecule has 1 aromatic heterocycles. The fourth-order valence-electron chi connectivity index (χ4n) is 5.86. The number of nitrogens with two attached hydrogens (primary N) is 1. The number of fused-ring (bicyclic) bond motifs is 4. The highest BCUT2D eigenvalue weighted by atomic mass is 32.2. The summed E-state index contributed by atoms with van der Waals surface area (Å²) in [6, 6.07) is 12.7. The van der Waals surface area contributed by atoms with Gasteiger partial charge in [0.1, 0.15) is 23.3 Å². The van der Waals surface area contributed by atoms with Crippen LogP contribution in [-0.2, 0) is 14.8 Å². The molecule has 7 nitrogen and oxygen atoms in total. The molecule has 3 aliphatic heterocycles. The van der Waals surface area contributed by atoms with Gasteiger partial charge < -0.3 is 19.8 Å². The van der Waals surface area contributed by atoms with Crippen LogP contribution in [0.3, 0.4) is 0 Å². The first-order valence-electron chi connectivity index (χ1n) is 13.1. The van der Waals surface area contributed by atoms with Crippen LogP contribution in [0.25, 0.3) is 11.1 Å². The molecule has 0 aliphatic carbocycles. The molecular weight excluding hydrogens is 495 g/mol. The first kappa shape index (κ1) is 25.8. The van der Waals surface area contributed by atoms with Crippen LogP contribution in [-0.4, -0.2) is 50.0 Å². The van der Waals surface area contributed by atoms with E-state index < -0.39 is 23.9 Å². The Kier molecular flexibility index (Phi) is 5.80. The molecule has 4 heterocycles. The quantitative estimate of drug-likeness (QED) is 0.470. The number of thioether (sulfide) groups is 1. The van der Waals surface area contributed by atoms with Crippen molar-refractivity contribution in [2.24, 2.45) is 5.73 Å². The maximum absolute atomic E-state index is 6.84. The lowest BCUT2D eigenvalue weighted by Crippen LogP contribution is -2.59. The lowest BCUT2D eigenvalue weighted by Gasteiger charge is -2.50. The van der Waals surface area contributed by atoms with E-state index >= 15 is 0 Å². The van der Waals surface area contributed by atoms with Crippen LogP contribution in [0.15, 0.2) is 55.1 Å². The second kappa shape index (κ2) is 8.54. The van der Waals surface area contributed by atoms with Crippen molar-refractivity contribution in [3.63, 3.8) is 0 Å². The second-order valence-corrected chi connectivity index (χ2v) is 13.5. The van der Waals surface area contributed by atoms with Gasteiger partial charge >= 0.3 is 7.12 Å². The van der Waals surface area contributed by atoms with Crippen molar-refractivity contribution in [3.8, 4) is 22.6 Å². The molecule has 3 aliphatic rings. The molecule has 2 fully saturated rings. The summed E-state index contributed by atoms with van der Waals surface area (Å²) in [5.74, 6) is 2.46. The first-order chi connectivity index (χ1) is 17.8. The molecule has 38 heavy (non-hydrogen) atoms. The van der Waals surface area contributed by atoms with E-state index in [0.29, 0.717) is 0 Å². The predicted octanol–water partition coefficient (Wildman–Crippen LogP) is 4.88. The summed E-state index contributed by atoms with van der Waals surface area (Å²) in [7, 11) is -0.470. The minimum atomic E-state index is -0.517. The highest BCUT2D eigenvalue weighted by Crippen LogP contribution is 2.58. The molecule has 3 aromatic rings. The van der Waals surface area contributed by atoms with E-state index in [1.807, 2.05) is 12.4 Å². The molecule has 9 heteroatoms. The molecule has 2 N–H and O–H groups in total. The summed E-state index contributed by atoms with van der Waals surface area (Å²) in [4.78, 5) is 10.9. The van der Waals surface area contributed by atoms with Crippen molar-refractivity contribution >= 4 is 24.3 Å². The van der Waals surface area contributed by atoms with Gasteiger partial charge in [-0.3, -0.25) is 4.90 Å². The summed E-state index contributed by atoms with van der Waals surface area (Å²) in [6.07, 6.45) is 5.23. The van der Waals surface area contributed by atoms with Crippen LogP contribution < -0.4 is 15.9 Å².